The van der Waals surface area contributed by atoms with Crippen molar-refractivity contribution in [2.24, 2.45) is 0 Å². The van der Waals surface area contributed by atoms with Gasteiger partial charge in [0.05, 0.1) is 0 Å². The Morgan fingerprint density at radius 2 is 2.75 bits per heavy atom. The van der Waals surface area contributed by atoms with Crippen molar-refractivity contribution in [3.05, 3.63) is 24.4 Å². The van der Waals surface area contributed by atoms with E-state index in [-0.39, 0.29) is 0 Å². The zero-order valence-electron chi connectivity index (χ0n) is 4.98. The molecule has 0 aromatic rings. The van der Waals surface area contributed by atoms with E-state index in [1.807, 2.05) is 6.08 Å². The van der Waals surface area contributed by atoms with Gasteiger partial charge in [0.15, 0.2) is 0 Å². The van der Waals surface area contributed by atoms with Crippen LogP contribution in [0, 0.1) is 0 Å². The molecule has 0 aliphatic carbocycles. The molecule has 8 heavy (non-hydrogen) atoms. The Bertz CT molecular complexity index is 114. The van der Waals surface area contributed by atoms with Crippen LogP contribution in [0.3, 0.4) is 0 Å². The van der Waals surface area contributed by atoms with Crippen molar-refractivity contribution in [1.29, 1.82) is 0 Å². The Labute approximate surface area is 50.1 Å². The molecule has 0 aromatic heterocycles. The molecule has 1 N–H and O–H groups in total. The number of allylic oxidation sites excluding steroid dienone is 1. The zero-order valence-corrected chi connectivity index (χ0v) is 4.98. The SMILES string of the molecule is C=CCC1=CCCN1. The molecule has 0 atom stereocenters. The summed E-state index contributed by atoms with van der Waals surface area (Å²) >= 11 is 0. The van der Waals surface area contributed by atoms with E-state index in [9.17, 15) is 0 Å². The summed E-state index contributed by atoms with van der Waals surface area (Å²) in [4.78, 5) is 0. The molecule has 0 saturated carbocycles. The molecule has 1 nitrogen and oxygen atoms in total. The predicted molar refractivity (Wildman–Crippen MR) is 35.5 cm³/mol. The lowest BCUT2D eigenvalue weighted by molar-refractivity contribution is 0.855. The molecule has 0 spiro atoms. The quantitative estimate of drug-likeness (QED) is 0.529. The molecular formula is C7H11N. The molecular weight excluding hydrogens is 98.1 g/mol. The average molecular weight is 109 g/mol. The van der Waals surface area contributed by atoms with Crippen LogP contribution in [0.5, 0.6) is 0 Å². The largest absolute Gasteiger partial charge is 0.388 e. The van der Waals surface area contributed by atoms with Crippen LogP contribution in [0.2, 0.25) is 0 Å². The fraction of sp³-hybridized carbons (Fsp3) is 0.429. The van der Waals surface area contributed by atoms with Gasteiger partial charge in [-0.25, -0.2) is 0 Å². The van der Waals surface area contributed by atoms with Gasteiger partial charge in [0.2, 0.25) is 0 Å². The monoisotopic (exact) mass is 109 g/mol. The fourth-order valence-corrected chi connectivity index (χ4v) is 0.862. The highest BCUT2D eigenvalue weighted by Gasteiger charge is 1.97. The minimum atomic E-state index is 1.00. The molecule has 0 amide bonds. The molecule has 0 bridgehead atoms. The van der Waals surface area contributed by atoms with Gasteiger partial charge in [-0.2, -0.15) is 0 Å². The zero-order chi connectivity index (χ0) is 5.82. The van der Waals surface area contributed by atoms with Gasteiger partial charge in [-0.05, 0) is 6.42 Å². The van der Waals surface area contributed by atoms with Crippen LogP contribution in [0.15, 0.2) is 24.4 Å². The van der Waals surface area contributed by atoms with Gasteiger partial charge >= 0.3 is 0 Å². The van der Waals surface area contributed by atoms with Crippen LogP contribution < -0.4 is 5.32 Å². The smallest absolute Gasteiger partial charge is 0.0179 e. The maximum atomic E-state index is 3.64. The third-order valence-corrected chi connectivity index (χ3v) is 1.25. The summed E-state index contributed by atoms with van der Waals surface area (Å²) in [6.07, 6.45) is 6.33. The second-order valence-electron chi connectivity index (χ2n) is 1.94. The van der Waals surface area contributed by atoms with Crippen molar-refractivity contribution in [1.82, 2.24) is 5.32 Å². The average Bonchev–Trinajstić information content (AvgIpc) is 2.19. The predicted octanol–water partition coefficient (Wildman–Crippen LogP) is 1.44. The van der Waals surface area contributed by atoms with Crippen molar-refractivity contribution in [3.8, 4) is 0 Å². The Morgan fingerprint density at radius 3 is 3.25 bits per heavy atom. The first-order valence-electron chi connectivity index (χ1n) is 2.97. The molecule has 0 saturated heterocycles. The Hall–Kier alpha value is -0.720. The highest BCUT2D eigenvalue weighted by atomic mass is 14.9. The Kier molecular flexibility index (Phi) is 1.73. The lowest BCUT2D eigenvalue weighted by Crippen LogP contribution is -2.05. The van der Waals surface area contributed by atoms with Crippen LogP contribution in [0.4, 0.5) is 0 Å². The number of hydrogen-bond donors (Lipinski definition) is 1. The van der Waals surface area contributed by atoms with Gasteiger partial charge < -0.3 is 5.32 Å². The molecule has 1 aliphatic rings. The van der Waals surface area contributed by atoms with Crippen molar-refractivity contribution in [2.75, 3.05) is 6.54 Å². The molecule has 1 heteroatoms. The van der Waals surface area contributed by atoms with Crippen LogP contribution >= 0.6 is 0 Å². The van der Waals surface area contributed by atoms with E-state index in [0.29, 0.717) is 0 Å². The van der Waals surface area contributed by atoms with E-state index in [1.165, 1.54) is 12.1 Å². The molecule has 44 valence electrons. The van der Waals surface area contributed by atoms with Crippen molar-refractivity contribution >= 4 is 0 Å². The van der Waals surface area contributed by atoms with Gasteiger partial charge in [-0.1, -0.05) is 12.2 Å². The second kappa shape index (κ2) is 2.55. The van der Waals surface area contributed by atoms with Crippen molar-refractivity contribution in [3.63, 3.8) is 0 Å². The third kappa shape index (κ3) is 1.12. The van der Waals surface area contributed by atoms with Crippen LogP contribution in [-0.2, 0) is 0 Å². The standard InChI is InChI=1S/C7H11N/c1-2-4-7-5-3-6-8-7/h2,5,8H,1,3-4,6H2. The minimum Gasteiger partial charge on any atom is -0.388 e. The van der Waals surface area contributed by atoms with Crippen molar-refractivity contribution in [2.45, 2.75) is 12.8 Å². The summed E-state index contributed by atoms with van der Waals surface area (Å²) < 4.78 is 0. The van der Waals surface area contributed by atoms with E-state index in [2.05, 4.69) is 18.0 Å². The van der Waals surface area contributed by atoms with E-state index in [0.717, 1.165) is 13.0 Å². The van der Waals surface area contributed by atoms with Crippen LogP contribution in [0.25, 0.3) is 0 Å². The second-order valence-corrected chi connectivity index (χ2v) is 1.94. The van der Waals surface area contributed by atoms with Gasteiger partial charge in [0.1, 0.15) is 0 Å². The molecule has 1 heterocycles. The topological polar surface area (TPSA) is 12.0 Å². The van der Waals surface area contributed by atoms with Gasteiger partial charge in [0, 0.05) is 18.7 Å². The van der Waals surface area contributed by atoms with E-state index in [1.54, 1.807) is 0 Å². The first kappa shape index (κ1) is 5.42. The lowest BCUT2D eigenvalue weighted by atomic mass is 10.3. The van der Waals surface area contributed by atoms with Gasteiger partial charge in [-0.15, -0.1) is 6.58 Å². The van der Waals surface area contributed by atoms with Crippen LogP contribution in [-0.4, -0.2) is 6.54 Å². The number of hydrogen-bond acceptors (Lipinski definition) is 1. The summed E-state index contributed by atoms with van der Waals surface area (Å²) in [7, 11) is 0. The maximum absolute atomic E-state index is 3.64. The summed E-state index contributed by atoms with van der Waals surface area (Å²) in [5, 5.41) is 3.25. The molecule has 1 aliphatic heterocycles. The molecule has 0 aromatic carbocycles. The molecule has 0 fully saturated rings. The minimum absolute atomic E-state index is 1.00. The normalized spacial score (nSPS) is 17.2. The van der Waals surface area contributed by atoms with E-state index < -0.39 is 0 Å². The number of rotatable bonds is 2. The Morgan fingerprint density at radius 1 is 1.88 bits per heavy atom. The summed E-state index contributed by atoms with van der Waals surface area (Å²) in [6.45, 7) is 4.76. The van der Waals surface area contributed by atoms with Crippen LogP contribution in [0.1, 0.15) is 12.8 Å². The van der Waals surface area contributed by atoms with E-state index >= 15 is 0 Å². The van der Waals surface area contributed by atoms with Crippen molar-refractivity contribution < 1.29 is 0 Å². The maximum Gasteiger partial charge on any atom is 0.0179 e. The third-order valence-electron chi connectivity index (χ3n) is 1.25. The first-order valence-corrected chi connectivity index (χ1v) is 2.97. The fourth-order valence-electron chi connectivity index (χ4n) is 0.862. The van der Waals surface area contributed by atoms with Gasteiger partial charge in [-0.3, -0.25) is 0 Å². The van der Waals surface area contributed by atoms with Gasteiger partial charge in [0.25, 0.3) is 0 Å². The summed E-state index contributed by atoms with van der Waals surface area (Å²) in [5.41, 5.74) is 1.33. The van der Waals surface area contributed by atoms with E-state index in [4.69, 9.17) is 0 Å². The molecule has 0 radical (unpaired) electrons. The Balaban J connectivity index is 2.33. The highest BCUT2D eigenvalue weighted by molar-refractivity contribution is 5.08. The number of nitrogens with one attached hydrogen (secondary N) is 1. The first-order chi connectivity index (χ1) is 3.93. The lowest BCUT2D eigenvalue weighted by Gasteiger charge is -1.96. The summed E-state index contributed by atoms with van der Waals surface area (Å²) in [5.74, 6) is 0. The summed E-state index contributed by atoms with van der Waals surface area (Å²) in [6, 6.07) is 0. The molecule has 1 rings (SSSR count). The highest BCUT2D eigenvalue weighted by Crippen LogP contribution is 2.04. The molecule has 0 unspecified atom stereocenters.